The average Bonchev–Trinajstić information content (AvgIpc) is 2.48. The summed E-state index contributed by atoms with van der Waals surface area (Å²) in [7, 11) is 1.55. The van der Waals surface area contributed by atoms with Crippen LogP contribution in [0.15, 0.2) is 24.0 Å². The maximum Gasteiger partial charge on any atom is 0.244 e. The Morgan fingerprint density at radius 2 is 1.91 bits per heavy atom. The summed E-state index contributed by atoms with van der Waals surface area (Å²) < 4.78 is 10.9. The number of ether oxygens (including phenoxy) is 2. The van der Waals surface area contributed by atoms with Gasteiger partial charge in [0.15, 0.2) is 0 Å². The third-order valence-electron chi connectivity index (χ3n) is 3.53. The molecule has 120 valence electrons. The molecule has 0 aromatic carbocycles. The van der Waals surface area contributed by atoms with Gasteiger partial charge >= 0.3 is 0 Å². The molecule has 1 aromatic heterocycles. The van der Waals surface area contributed by atoms with E-state index in [0.29, 0.717) is 11.8 Å². The molecule has 0 radical (unpaired) electrons. The molecule has 6 nitrogen and oxygen atoms in total. The fourth-order valence-corrected chi connectivity index (χ4v) is 2.49. The van der Waals surface area contributed by atoms with Gasteiger partial charge in [0.25, 0.3) is 0 Å². The molecule has 22 heavy (non-hydrogen) atoms. The van der Waals surface area contributed by atoms with Crippen LogP contribution in [0.4, 0.5) is 0 Å². The summed E-state index contributed by atoms with van der Waals surface area (Å²) in [4.78, 5) is 19.9. The van der Waals surface area contributed by atoms with Crippen molar-refractivity contribution in [1.82, 2.24) is 15.3 Å². The monoisotopic (exact) mass is 305 g/mol. The van der Waals surface area contributed by atoms with E-state index >= 15 is 0 Å². The van der Waals surface area contributed by atoms with Gasteiger partial charge in [-0.1, -0.05) is 5.57 Å². The lowest BCUT2D eigenvalue weighted by atomic mass is 9.93. The Bertz CT molecular complexity index is 533. The minimum atomic E-state index is -0.0111. The molecule has 1 heterocycles. The van der Waals surface area contributed by atoms with Gasteiger partial charge in [-0.05, 0) is 39.5 Å². The molecule has 1 aliphatic rings. The molecule has 1 amide bonds. The zero-order chi connectivity index (χ0) is 15.9. The van der Waals surface area contributed by atoms with E-state index in [4.69, 9.17) is 9.47 Å². The van der Waals surface area contributed by atoms with Crippen LogP contribution in [0.25, 0.3) is 0 Å². The van der Waals surface area contributed by atoms with Crippen molar-refractivity contribution in [1.29, 1.82) is 0 Å². The highest BCUT2D eigenvalue weighted by molar-refractivity contribution is 5.88. The molecule has 1 fully saturated rings. The van der Waals surface area contributed by atoms with E-state index in [1.54, 1.807) is 25.6 Å². The normalized spacial score (nSPS) is 20.9. The number of hydrogen-bond donors (Lipinski definition) is 1. The molecule has 0 aliphatic heterocycles. The quantitative estimate of drug-likeness (QED) is 0.845. The molecule has 0 unspecified atom stereocenters. The number of carbonyl (C=O) groups excluding carboxylic acids is 1. The number of methoxy groups -OCH3 is 1. The van der Waals surface area contributed by atoms with E-state index < -0.39 is 0 Å². The molecule has 1 saturated carbocycles. The van der Waals surface area contributed by atoms with Crippen LogP contribution >= 0.6 is 0 Å². The number of carbonyl (C=O) groups is 1. The molecular formula is C16H23N3O3. The first-order chi connectivity index (χ1) is 10.6. The van der Waals surface area contributed by atoms with Gasteiger partial charge < -0.3 is 14.8 Å². The molecule has 0 spiro atoms. The second-order valence-electron chi connectivity index (χ2n) is 5.72. The summed E-state index contributed by atoms with van der Waals surface area (Å²) >= 11 is 0. The number of rotatable bonds is 5. The van der Waals surface area contributed by atoms with Crippen molar-refractivity contribution in [2.45, 2.75) is 51.7 Å². The van der Waals surface area contributed by atoms with E-state index in [1.165, 1.54) is 0 Å². The average molecular weight is 305 g/mol. The van der Waals surface area contributed by atoms with Crippen molar-refractivity contribution in [3.8, 4) is 11.8 Å². The number of aromatic nitrogens is 2. The largest absolute Gasteiger partial charge is 0.480 e. The van der Waals surface area contributed by atoms with Gasteiger partial charge in [-0.3, -0.25) is 9.78 Å². The van der Waals surface area contributed by atoms with Crippen molar-refractivity contribution in [3.63, 3.8) is 0 Å². The van der Waals surface area contributed by atoms with Crippen LogP contribution in [-0.2, 0) is 4.79 Å². The summed E-state index contributed by atoms with van der Waals surface area (Å²) in [5.41, 5.74) is 1.01. The lowest BCUT2D eigenvalue weighted by Crippen LogP contribution is -2.39. The second-order valence-corrected chi connectivity index (χ2v) is 5.72. The van der Waals surface area contributed by atoms with Crippen molar-refractivity contribution >= 4 is 5.91 Å². The van der Waals surface area contributed by atoms with Crippen LogP contribution < -0.4 is 14.8 Å². The molecule has 2 rings (SSSR count). The van der Waals surface area contributed by atoms with E-state index in [2.05, 4.69) is 15.3 Å². The third kappa shape index (κ3) is 5.02. The van der Waals surface area contributed by atoms with Crippen LogP contribution in [-0.4, -0.2) is 35.1 Å². The molecule has 0 atom stereocenters. The molecule has 1 N–H and O–H groups in total. The fourth-order valence-electron chi connectivity index (χ4n) is 2.49. The van der Waals surface area contributed by atoms with Crippen molar-refractivity contribution in [2.24, 2.45) is 0 Å². The molecule has 1 aliphatic carbocycles. The Morgan fingerprint density at radius 3 is 2.55 bits per heavy atom. The number of hydrogen-bond acceptors (Lipinski definition) is 5. The Labute approximate surface area is 130 Å². The van der Waals surface area contributed by atoms with Crippen LogP contribution in [0.3, 0.4) is 0 Å². The third-order valence-corrected chi connectivity index (χ3v) is 3.53. The Hall–Kier alpha value is -2.11. The minimum absolute atomic E-state index is 0.0111. The lowest BCUT2D eigenvalue weighted by Gasteiger charge is -2.28. The van der Waals surface area contributed by atoms with Gasteiger partial charge in [0.2, 0.25) is 17.7 Å². The van der Waals surface area contributed by atoms with Crippen LogP contribution in [0.2, 0.25) is 0 Å². The maximum absolute atomic E-state index is 11.7. The SMILES string of the molecule is COc1cncc(OC2CCC(NC(=O)C=C(C)C)CC2)n1. The van der Waals surface area contributed by atoms with Crippen LogP contribution in [0.1, 0.15) is 39.5 Å². The number of allylic oxidation sites excluding steroid dienone is 1. The zero-order valence-electron chi connectivity index (χ0n) is 13.3. The Balaban J connectivity index is 1.79. The fraction of sp³-hybridized carbons (Fsp3) is 0.562. The van der Waals surface area contributed by atoms with Gasteiger partial charge in [-0.2, -0.15) is 4.98 Å². The first-order valence-corrected chi connectivity index (χ1v) is 7.55. The summed E-state index contributed by atoms with van der Waals surface area (Å²) in [6.07, 6.45) is 8.46. The minimum Gasteiger partial charge on any atom is -0.480 e. The highest BCUT2D eigenvalue weighted by Crippen LogP contribution is 2.23. The number of nitrogens with zero attached hydrogens (tertiary/aromatic N) is 2. The highest BCUT2D eigenvalue weighted by atomic mass is 16.5. The van der Waals surface area contributed by atoms with E-state index in [9.17, 15) is 4.79 Å². The molecule has 6 heteroatoms. The predicted octanol–water partition coefficient (Wildman–Crippen LogP) is 2.26. The summed E-state index contributed by atoms with van der Waals surface area (Å²) in [5.74, 6) is 0.916. The smallest absolute Gasteiger partial charge is 0.244 e. The topological polar surface area (TPSA) is 73.3 Å². The molecule has 0 bridgehead atoms. The molecular weight excluding hydrogens is 282 g/mol. The van der Waals surface area contributed by atoms with Gasteiger partial charge in [-0.15, -0.1) is 0 Å². The molecule has 0 saturated heterocycles. The first-order valence-electron chi connectivity index (χ1n) is 7.55. The van der Waals surface area contributed by atoms with E-state index in [-0.39, 0.29) is 18.1 Å². The van der Waals surface area contributed by atoms with Gasteiger partial charge in [0.1, 0.15) is 6.10 Å². The number of amides is 1. The second kappa shape index (κ2) is 7.77. The van der Waals surface area contributed by atoms with Crippen molar-refractivity contribution in [3.05, 3.63) is 24.0 Å². The summed E-state index contributed by atoms with van der Waals surface area (Å²) in [5, 5.41) is 3.03. The van der Waals surface area contributed by atoms with Crippen LogP contribution in [0.5, 0.6) is 11.8 Å². The summed E-state index contributed by atoms with van der Waals surface area (Å²) in [6, 6.07) is 0.222. The van der Waals surface area contributed by atoms with Gasteiger partial charge in [0.05, 0.1) is 19.5 Å². The maximum atomic E-state index is 11.7. The Kier molecular flexibility index (Phi) is 5.75. The van der Waals surface area contributed by atoms with Crippen molar-refractivity contribution < 1.29 is 14.3 Å². The standard InChI is InChI=1S/C16H23N3O3/c1-11(2)8-14(20)18-12-4-6-13(7-5-12)22-16-10-17-9-15(19-16)21-3/h8-10,12-13H,4-7H2,1-3H3,(H,18,20). The highest BCUT2D eigenvalue weighted by Gasteiger charge is 2.23. The van der Waals surface area contributed by atoms with Crippen LogP contribution in [0, 0.1) is 0 Å². The van der Waals surface area contributed by atoms with E-state index in [0.717, 1.165) is 31.3 Å². The Morgan fingerprint density at radius 1 is 1.23 bits per heavy atom. The predicted molar refractivity (Wildman–Crippen MR) is 82.8 cm³/mol. The van der Waals surface area contributed by atoms with Crippen molar-refractivity contribution in [2.75, 3.05) is 7.11 Å². The first kappa shape index (κ1) is 16.3. The molecule has 1 aromatic rings. The van der Waals surface area contributed by atoms with E-state index in [1.807, 2.05) is 13.8 Å². The van der Waals surface area contributed by atoms with Gasteiger partial charge in [0, 0.05) is 12.1 Å². The number of nitrogens with one attached hydrogen (secondary N) is 1. The summed E-state index contributed by atoms with van der Waals surface area (Å²) in [6.45, 7) is 3.83. The lowest BCUT2D eigenvalue weighted by molar-refractivity contribution is -0.117. The zero-order valence-corrected chi connectivity index (χ0v) is 13.3. The van der Waals surface area contributed by atoms with Gasteiger partial charge in [-0.25, -0.2) is 0 Å².